The van der Waals surface area contributed by atoms with Crippen LogP contribution in [0.15, 0.2) is 17.1 Å². The Labute approximate surface area is 102 Å². The summed E-state index contributed by atoms with van der Waals surface area (Å²) in [4.78, 5) is 6.03. The third kappa shape index (κ3) is 2.01. The quantitative estimate of drug-likeness (QED) is 0.847. The number of benzene rings is 1. The first kappa shape index (κ1) is 10.5. The number of hydrogen-bond donors (Lipinski definition) is 1. The number of nitrogens with zero attached hydrogens (tertiary/aromatic N) is 2. The summed E-state index contributed by atoms with van der Waals surface area (Å²) in [6.07, 6.45) is 1.74. The van der Waals surface area contributed by atoms with E-state index >= 15 is 0 Å². The van der Waals surface area contributed by atoms with Crippen molar-refractivity contribution in [2.75, 3.05) is 25.1 Å². The second-order valence-corrected chi connectivity index (χ2v) is 4.44. The van der Waals surface area contributed by atoms with Crippen LogP contribution in [0, 0.1) is 3.57 Å². The van der Waals surface area contributed by atoms with Gasteiger partial charge in [-0.15, -0.1) is 0 Å². The maximum atomic E-state index is 9.94. The van der Waals surface area contributed by atoms with Gasteiger partial charge in [-0.05, 0) is 34.7 Å². The highest BCUT2D eigenvalue weighted by atomic mass is 127. The van der Waals surface area contributed by atoms with E-state index in [2.05, 4.69) is 27.6 Å². The SMILES string of the molecule is COc1cc(I)cc(N2C=NCC2)c1O. The molecule has 0 unspecified atom stereocenters. The fourth-order valence-corrected chi connectivity index (χ4v) is 2.07. The Morgan fingerprint density at radius 3 is 2.93 bits per heavy atom. The molecule has 1 aliphatic heterocycles. The van der Waals surface area contributed by atoms with Gasteiger partial charge in [0.1, 0.15) is 0 Å². The Bertz CT molecular complexity index is 407. The lowest BCUT2D eigenvalue weighted by atomic mass is 10.2. The predicted molar refractivity (Wildman–Crippen MR) is 68.1 cm³/mol. The molecule has 0 saturated carbocycles. The summed E-state index contributed by atoms with van der Waals surface area (Å²) in [5.41, 5.74) is 0.750. The van der Waals surface area contributed by atoms with Crippen LogP contribution in [-0.4, -0.2) is 31.6 Å². The molecule has 2 rings (SSSR count). The number of hydrogen-bond acceptors (Lipinski definition) is 4. The van der Waals surface area contributed by atoms with Crippen molar-refractivity contribution < 1.29 is 9.84 Å². The molecule has 5 heteroatoms. The van der Waals surface area contributed by atoms with Gasteiger partial charge >= 0.3 is 0 Å². The summed E-state index contributed by atoms with van der Waals surface area (Å²) < 4.78 is 6.13. The van der Waals surface area contributed by atoms with Crippen molar-refractivity contribution in [3.05, 3.63) is 15.7 Å². The second-order valence-electron chi connectivity index (χ2n) is 3.19. The monoisotopic (exact) mass is 318 g/mol. The number of methoxy groups -OCH3 is 1. The number of rotatable bonds is 2. The van der Waals surface area contributed by atoms with Crippen LogP contribution in [0.25, 0.3) is 0 Å². The molecule has 0 aliphatic carbocycles. The molecular formula is C10H11IN2O2. The zero-order valence-corrected chi connectivity index (χ0v) is 10.4. The van der Waals surface area contributed by atoms with Crippen LogP contribution in [0.1, 0.15) is 0 Å². The summed E-state index contributed by atoms with van der Waals surface area (Å²) in [7, 11) is 1.55. The fourth-order valence-electron chi connectivity index (χ4n) is 1.50. The first-order valence-electron chi connectivity index (χ1n) is 4.55. The van der Waals surface area contributed by atoms with E-state index in [-0.39, 0.29) is 5.75 Å². The van der Waals surface area contributed by atoms with Crippen molar-refractivity contribution >= 4 is 34.6 Å². The van der Waals surface area contributed by atoms with Gasteiger partial charge in [0.05, 0.1) is 25.7 Å². The molecule has 4 nitrogen and oxygen atoms in total. The Balaban J connectivity index is 2.45. The molecule has 0 amide bonds. The highest BCUT2D eigenvalue weighted by molar-refractivity contribution is 14.1. The molecule has 15 heavy (non-hydrogen) atoms. The number of aromatic hydroxyl groups is 1. The number of phenolic OH excluding ortho intramolecular Hbond substituents is 1. The van der Waals surface area contributed by atoms with E-state index in [4.69, 9.17) is 4.74 Å². The summed E-state index contributed by atoms with van der Waals surface area (Å²) >= 11 is 2.20. The van der Waals surface area contributed by atoms with Crippen LogP contribution in [0.4, 0.5) is 5.69 Å². The van der Waals surface area contributed by atoms with Gasteiger partial charge < -0.3 is 14.7 Å². The van der Waals surface area contributed by atoms with E-state index in [1.807, 2.05) is 11.0 Å². The molecule has 1 aromatic carbocycles. The molecule has 0 fully saturated rings. The van der Waals surface area contributed by atoms with Crippen LogP contribution in [0.5, 0.6) is 11.5 Å². The largest absolute Gasteiger partial charge is 0.503 e. The number of aliphatic imine (C=N–C) groups is 1. The molecule has 0 atom stereocenters. The van der Waals surface area contributed by atoms with E-state index < -0.39 is 0 Å². The van der Waals surface area contributed by atoms with Gasteiger partial charge in [-0.1, -0.05) is 0 Å². The Morgan fingerprint density at radius 1 is 1.53 bits per heavy atom. The summed E-state index contributed by atoms with van der Waals surface area (Å²) in [5, 5.41) is 9.94. The molecule has 1 aliphatic rings. The molecule has 0 bridgehead atoms. The standard InChI is InChI=1S/C10H11IN2O2/c1-15-9-5-7(11)4-8(10(9)14)13-3-2-12-6-13/h4-6,14H,2-3H2,1H3. The predicted octanol–water partition coefficient (Wildman–Crippen LogP) is 1.85. The van der Waals surface area contributed by atoms with E-state index in [9.17, 15) is 5.11 Å². The van der Waals surface area contributed by atoms with Gasteiger partial charge in [0, 0.05) is 10.1 Å². The molecule has 1 heterocycles. The van der Waals surface area contributed by atoms with Gasteiger partial charge in [0.2, 0.25) is 0 Å². The smallest absolute Gasteiger partial charge is 0.182 e. The topological polar surface area (TPSA) is 45.1 Å². The summed E-state index contributed by atoms with van der Waals surface area (Å²) in [6, 6.07) is 3.71. The lowest BCUT2D eigenvalue weighted by molar-refractivity contribution is 0.374. The van der Waals surface area contributed by atoms with E-state index in [1.54, 1.807) is 19.5 Å². The lowest BCUT2D eigenvalue weighted by Crippen LogP contribution is -2.18. The Morgan fingerprint density at radius 2 is 2.33 bits per heavy atom. The second kappa shape index (κ2) is 4.26. The minimum absolute atomic E-state index is 0.172. The number of ether oxygens (including phenoxy) is 1. The van der Waals surface area contributed by atoms with Crippen molar-refractivity contribution in [3.8, 4) is 11.5 Å². The van der Waals surface area contributed by atoms with E-state index in [1.165, 1.54) is 0 Å². The molecule has 80 valence electrons. The Kier molecular flexibility index (Phi) is 2.99. The first-order valence-corrected chi connectivity index (χ1v) is 5.63. The maximum absolute atomic E-state index is 9.94. The average Bonchev–Trinajstić information content (AvgIpc) is 2.74. The molecule has 0 saturated heterocycles. The fraction of sp³-hybridized carbons (Fsp3) is 0.300. The van der Waals surface area contributed by atoms with Crippen molar-refractivity contribution in [1.29, 1.82) is 0 Å². The average molecular weight is 318 g/mol. The van der Waals surface area contributed by atoms with Gasteiger partial charge in [-0.25, -0.2) is 0 Å². The summed E-state index contributed by atoms with van der Waals surface area (Å²) in [6.45, 7) is 1.57. The first-order chi connectivity index (χ1) is 7.22. The van der Waals surface area contributed by atoms with Crippen molar-refractivity contribution in [2.45, 2.75) is 0 Å². The molecule has 1 N–H and O–H groups in total. The molecule has 0 radical (unpaired) electrons. The lowest BCUT2D eigenvalue weighted by Gasteiger charge is -2.17. The molecule has 0 spiro atoms. The minimum Gasteiger partial charge on any atom is -0.503 e. The van der Waals surface area contributed by atoms with Gasteiger partial charge in [-0.2, -0.15) is 0 Å². The highest BCUT2D eigenvalue weighted by Crippen LogP contribution is 2.38. The van der Waals surface area contributed by atoms with Crippen molar-refractivity contribution in [1.82, 2.24) is 0 Å². The van der Waals surface area contributed by atoms with Crippen molar-refractivity contribution in [2.24, 2.45) is 4.99 Å². The zero-order chi connectivity index (χ0) is 10.8. The van der Waals surface area contributed by atoms with Gasteiger partial charge in [0.25, 0.3) is 0 Å². The molecule has 1 aromatic rings. The maximum Gasteiger partial charge on any atom is 0.182 e. The van der Waals surface area contributed by atoms with Crippen LogP contribution in [0.2, 0.25) is 0 Å². The minimum atomic E-state index is 0.172. The summed E-state index contributed by atoms with van der Waals surface area (Å²) in [5.74, 6) is 0.670. The highest BCUT2D eigenvalue weighted by Gasteiger charge is 2.16. The van der Waals surface area contributed by atoms with Gasteiger partial charge in [-0.3, -0.25) is 4.99 Å². The number of halogens is 1. The van der Waals surface area contributed by atoms with E-state index in [0.717, 1.165) is 22.3 Å². The number of phenols is 1. The Hall–Kier alpha value is -0.980. The third-order valence-electron chi connectivity index (χ3n) is 2.24. The van der Waals surface area contributed by atoms with Crippen molar-refractivity contribution in [3.63, 3.8) is 0 Å². The third-order valence-corrected chi connectivity index (χ3v) is 2.86. The molecule has 0 aromatic heterocycles. The normalized spacial score (nSPS) is 14.7. The molecular weight excluding hydrogens is 307 g/mol. The van der Waals surface area contributed by atoms with Gasteiger partial charge in [0.15, 0.2) is 11.5 Å². The zero-order valence-electron chi connectivity index (χ0n) is 8.27. The number of anilines is 1. The van der Waals surface area contributed by atoms with Crippen LogP contribution < -0.4 is 9.64 Å². The van der Waals surface area contributed by atoms with Crippen LogP contribution in [0.3, 0.4) is 0 Å². The van der Waals surface area contributed by atoms with Crippen LogP contribution in [-0.2, 0) is 0 Å². The van der Waals surface area contributed by atoms with Crippen LogP contribution >= 0.6 is 22.6 Å². The van der Waals surface area contributed by atoms with E-state index in [0.29, 0.717) is 5.75 Å².